The minimum Gasteiger partial charge on any atom is -0.327 e. The lowest BCUT2D eigenvalue weighted by Crippen LogP contribution is -2.38. The van der Waals surface area contributed by atoms with Crippen molar-refractivity contribution in [1.82, 2.24) is 4.98 Å². The molecule has 0 aliphatic heterocycles. The van der Waals surface area contributed by atoms with E-state index in [0.717, 1.165) is 24.2 Å². The molecule has 1 heterocycles. The fourth-order valence-electron chi connectivity index (χ4n) is 4.26. The van der Waals surface area contributed by atoms with Gasteiger partial charge in [-0.05, 0) is 61.1 Å². The van der Waals surface area contributed by atoms with Gasteiger partial charge in [-0.1, -0.05) is 25.7 Å². The number of nitrogens with zero attached hydrogens (tertiary/aromatic N) is 1. The molecular formula is C17H26N2. The lowest BCUT2D eigenvalue weighted by Gasteiger charge is -2.41. The first-order chi connectivity index (χ1) is 9.33. The Balaban J connectivity index is 1.57. The molecule has 2 N–H and O–H groups in total. The molecule has 0 spiro atoms. The minimum absolute atomic E-state index is 0.338. The molecule has 0 saturated heterocycles. The Bertz CT molecular complexity index is 390. The standard InChI is InChI=1S/C17H26N2/c18-17(11-13-7-9-19-10-8-13)16-6-5-14-3-1-2-4-15(14)12-16/h7-10,14-17H,1-6,11-12,18H2. The molecule has 104 valence electrons. The average Bonchev–Trinajstić information content (AvgIpc) is 2.48. The van der Waals surface area contributed by atoms with E-state index >= 15 is 0 Å². The highest BCUT2D eigenvalue weighted by molar-refractivity contribution is 5.11. The van der Waals surface area contributed by atoms with Gasteiger partial charge >= 0.3 is 0 Å². The van der Waals surface area contributed by atoms with Gasteiger partial charge in [-0.25, -0.2) is 0 Å². The van der Waals surface area contributed by atoms with Crippen LogP contribution in [0.5, 0.6) is 0 Å². The summed E-state index contributed by atoms with van der Waals surface area (Å²) < 4.78 is 0. The van der Waals surface area contributed by atoms with Crippen LogP contribution >= 0.6 is 0 Å². The number of hydrogen-bond donors (Lipinski definition) is 1. The fourth-order valence-corrected chi connectivity index (χ4v) is 4.26. The molecule has 0 aromatic carbocycles. The van der Waals surface area contributed by atoms with Crippen LogP contribution in [0.25, 0.3) is 0 Å². The van der Waals surface area contributed by atoms with E-state index in [1.165, 1.54) is 50.5 Å². The van der Waals surface area contributed by atoms with Crippen molar-refractivity contribution in [3.05, 3.63) is 30.1 Å². The predicted molar refractivity (Wildman–Crippen MR) is 78.7 cm³/mol. The monoisotopic (exact) mass is 258 g/mol. The molecule has 19 heavy (non-hydrogen) atoms. The van der Waals surface area contributed by atoms with Crippen LogP contribution in [0.15, 0.2) is 24.5 Å². The van der Waals surface area contributed by atoms with Crippen LogP contribution in [0.2, 0.25) is 0 Å². The molecule has 2 saturated carbocycles. The topological polar surface area (TPSA) is 38.9 Å². The van der Waals surface area contributed by atoms with Crippen LogP contribution in [0.4, 0.5) is 0 Å². The zero-order chi connectivity index (χ0) is 13.1. The third-order valence-electron chi connectivity index (χ3n) is 5.41. The van der Waals surface area contributed by atoms with Crippen LogP contribution in [0.3, 0.4) is 0 Å². The van der Waals surface area contributed by atoms with Crippen molar-refractivity contribution < 1.29 is 0 Å². The van der Waals surface area contributed by atoms with Gasteiger partial charge in [0.1, 0.15) is 0 Å². The second kappa shape index (κ2) is 6.04. The SMILES string of the molecule is NC(Cc1ccncc1)C1CCC2CCCCC2C1. The smallest absolute Gasteiger partial charge is 0.0270 e. The normalized spacial score (nSPS) is 32.6. The summed E-state index contributed by atoms with van der Waals surface area (Å²) in [6, 6.07) is 4.54. The Labute approximate surface area is 116 Å². The summed E-state index contributed by atoms with van der Waals surface area (Å²) in [5, 5.41) is 0. The first-order valence-corrected chi connectivity index (χ1v) is 7.97. The highest BCUT2D eigenvalue weighted by atomic mass is 14.7. The van der Waals surface area contributed by atoms with E-state index in [9.17, 15) is 0 Å². The van der Waals surface area contributed by atoms with Crippen molar-refractivity contribution in [3.63, 3.8) is 0 Å². The van der Waals surface area contributed by atoms with Gasteiger partial charge in [-0.15, -0.1) is 0 Å². The van der Waals surface area contributed by atoms with Crippen molar-refractivity contribution >= 4 is 0 Å². The average molecular weight is 258 g/mol. The van der Waals surface area contributed by atoms with E-state index < -0.39 is 0 Å². The molecule has 4 unspecified atom stereocenters. The largest absolute Gasteiger partial charge is 0.327 e. The molecule has 2 heteroatoms. The second-order valence-corrected chi connectivity index (χ2v) is 6.60. The number of hydrogen-bond acceptors (Lipinski definition) is 2. The quantitative estimate of drug-likeness (QED) is 0.900. The van der Waals surface area contributed by atoms with Crippen molar-refractivity contribution in [1.29, 1.82) is 0 Å². The van der Waals surface area contributed by atoms with E-state index in [1.54, 1.807) is 0 Å². The lowest BCUT2D eigenvalue weighted by atomic mass is 9.66. The molecule has 2 aliphatic rings. The third kappa shape index (κ3) is 3.17. The number of rotatable bonds is 3. The molecule has 2 nitrogen and oxygen atoms in total. The Morgan fingerprint density at radius 2 is 1.79 bits per heavy atom. The van der Waals surface area contributed by atoms with Gasteiger partial charge in [0.25, 0.3) is 0 Å². The molecule has 1 aromatic heterocycles. The number of aromatic nitrogens is 1. The molecule has 0 radical (unpaired) electrons. The molecular weight excluding hydrogens is 232 g/mol. The summed E-state index contributed by atoms with van der Waals surface area (Å²) in [6.07, 6.45) is 14.8. The zero-order valence-corrected chi connectivity index (χ0v) is 11.8. The highest BCUT2D eigenvalue weighted by Crippen LogP contribution is 2.43. The zero-order valence-electron chi connectivity index (χ0n) is 11.8. The summed E-state index contributed by atoms with van der Waals surface area (Å²) in [7, 11) is 0. The Kier molecular flexibility index (Phi) is 4.17. The molecule has 2 fully saturated rings. The van der Waals surface area contributed by atoms with Crippen molar-refractivity contribution in [2.45, 2.75) is 57.4 Å². The van der Waals surface area contributed by atoms with Crippen LogP contribution < -0.4 is 5.73 Å². The van der Waals surface area contributed by atoms with Gasteiger partial charge in [-0.3, -0.25) is 4.98 Å². The summed E-state index contributed by atoms with van der Waals surface area (Å²) in [4.78, 5) is 4.08. The maximum absolute atomic E-state index is 6.48. The van der Waals surface area contributed by atoms with Gasteiger partial charge < -0.3 is 5.73 Å². The summed E-state index contributed by atoms with van der Waals surface area (Å²) in [5.74, 6) is 2.75. The molecule has 1 aromatic rings. The van der Waals surface area contributed by atoms with E-state index in [4.69, 9.17) is 5.73 Å². The first kappa shape index (κ1) is 13.1. The van der Waals surface area contributed by atoms with Gasteiger partial charge in [0.2, 0.25) is 0 Å². The van der Waals surface area contributed by atoms with E-state index in [-0.39, 0.29) is 0 Å². The maximum atomic E-state index is 6.48. The Morgan fingerprint density at radius 3 is 2.58 bits per heavy atom. The summed E-state index contributed by atoms with van der Waals surface area (Å²) in [5.41, 5.74) is 7.82. The minimum atomic E-state index is 0.338. The van der Waals surface area contributed by atoms with Gasteiger partial charge in [0, 0.05) is 18.4 Å². The van der Waals surface area contributed by atoms with Crippen LogP contribution in [-0.2, 0) is 6.42 Å². The van der Waals surface area contributed by atoms with Gasteiger partial charge in [0.15, 0.2) is 0 Å². The molecule has 0 amide bonds. The molecule has 3 rings (SSSR count). The van der Waals surface area contributed by atoms with Crippen LogP contribution in [0.1, 0.15) is 50.5 Å². The molecule has 0 bridgehead atoms. The van der Waals surface area contributed by atoms with E-state index in [0.29, 0.717) is 6.04 Å². The van der Waals surface area contributed by atoms with Crippen LogP contribution in [0, 0.1) is 17.8 Å². The Morgan fingerprint density at radius 1 is 1.05 bits per heavy atom. The first-order valence-electron chi connectivity index (χ1n) is 7.97. The van der Waals surface area contributed by atoms with Gasteiger partial charge in [-0.2, -0.15) is 0 Å². The maximum Gasteiger partial charge on any atom is 0.0270 e. The van der Waals surface area contributed by atoms with Gasteiger partial charge in [0.05, 0.1) is 0 Å². The highest BCUT2D eigenvalue weighted by Gasteiger charge is 2.34. The fraction of sp³-hybridized carbons (Fsp3) is 0.706. The number of nitrogens with two attached hydrogens (primary N) is 1. The van der Waals surface area contributed by atoms with Crippen molar-refractivity contribution in [3.8, 4) is 0 Å². The molecule has 2 aliphatic carbocycles. The third-order valence-corrected chi connectivity index (χ3v) is 5.41. The van der Waals surface area contributed by atoms with Crippen LogP contribution in [-0.4, -0.2) is 11.0 Å². The Hall–Kier alpha value is -0.890. The second-order valence-electron chi connectivity index (χ2n) is 6.60. The predicted octanol–water partition coefficient (Wildman–Crippen LogP) is 3.56. The van der Waals surface area contributed by atoms with Crippen molar-refractivity contribution in [2.24, 2.45) is 23.5 Å². The van der Waals surface area contributed by atoms with E-state index in [1.807, 2.05) is 12.4 Å². The van der Waals surface area contributed by atoms with E-state index in [2.05, 4.69) is 17.1 Å². The molecule has 4 atom stereocenters. The lowest BCUT2D eigenvalue weighted by molar-refractivity contribution is 0.117. The van der Waals surface area contributed by atoms with Crippen molar-refractivity contribution in [2.75, 3.05) is 0 Å². The number of fused-ring (bicyclic) bond motifs is 1. The summed E-state index contributed by atoms with van der Waals surface area (Å²) in [6.45, 7) is 0. The summed E-state index contributed by atoms with van der Waals surface area (Å²) >= 11 is 0. The number of pyridine rings is 1.